The predicted molar refractivity (Wildman–Crippen MR) is 78.5 cm³/mol. The number of thioether (sulfide) groups is 1. The minimum Gasteiger partial charge on any atom is -0.361 e. The zero-order chi connectivity index (χ0) is 14.6. The van der Waals surface area contributed by atoms with Crippen molar-refractivity contribution in [3.63, 3.8) is 0 Å². The quantitative estimate of drug-likeness (QED) is 0.508. The Kier molecular flexibility index (Phi) is 4.76. The van der Waals surface area contributed by atoms with Gasteiger partial charge in [0.2, 0.25) is 0 Å². The van der Waals surface area contributed by atoms with Gasteiger partial charge in [0.15, 0.2) is 0 Å². The number of hydrogen-bond acceptors (Lipinski definition) is 2. The summed E-state index contributed by atoms with van der Waals surface area (Å²) in [7, 11) is -4.01. The van der Waals surface area contributed by atoms with Gasteiger partial charge in [0, 0.05) is 15.9 Å². The van der Waals surface area contributed by atoms with Gasteiger partial charge in [0.25, 0.3) is 5.71 Å². The summed E-state index contributed by atoms with van der Waals surface area (Å²) in [5.74, 6) is 0. The van der Waals surface area contributed by atoms with Gasteiger partial charge in [-0.3, -0.25) is 4.57 Å². The lowest BCUT2D eigenvalue weighted by atomic mass is 10.2. The monoisotopic (exact) mass is 308 g/mol. The van der Waals surface area contributed by atoms with E-state index < -0.39 is 7.60 Å². The fourth-order valence-electron chi connectivity index (χ4n) is 1.71. The minimum absolute atomic E-state index is 0.239. The average molecular weight is 308 g/mol. The van der Waals surface area contributed by atoms with Crippen molar-refractivity contribution in [2.24, 2.45) is 0 Å². The lowest BCUT2D eigenvalue weighted by Gasteiger charge is -2.07. The molecule has 1 aliphatic rings. The molecule has 20 heavy (non-hydrogen) atoms. The second-order valence-electron chi connectivity index (χ2n) is 4.30. The summed E-state index contributed by atoms with van der Waals surface area (Å²) in [5, 5.41) is 0. The summed E-state index contributed by atoms with van der Waals surface area (Å²) < 4.78 is 10.9. The van der Waals surface area contributed by atoms with Crippen molar-refractivity contribution >= 4 is 25.1 Å². The molecule has 0 fully saturated rings. The third-order valence-electron chi connectivity index (χ3n) is 2.63. The number of nitrogens with zero attached hydrogens (tertiary/aromatic N) is 2. The normalized spacial score (nSPS) is 14.9. The number of allylic oxidation sites excluding steroid dienone is 3. The van der Waals surface area contributed by atoms with Gasteiger partial charge >= 0.3 is 7.60 Å². The largest absolute Gasteiger partial charge is 0.361 e. The van der Waals surface area contributed by atoms with E-state index in [2.05, 4.69) is 4.79 Å². The highest BCUT2D eigenvalue weighted by molar-refractivity contribution is 8.03. The molecule has 2 N–H and O–H groups in total. The van der Waals surface area contributed by atoms with E-state index in [0.29, 0.717) is 17.7 Å². The standard InChI is InChI=1S/C13H13N2O3PS/c14-15-11-3-7-13(8-4-11)20-12-5-1-10(2-6-12)9-19(16,17)18/h1-3,5-8H,4,9H2,(H2,16,17,18). The van der Waals surface area contributed by atoms with Crippen LogP contribution in [0.25, 0.3) is 5.53 Å². The topological polar surface area (TPSA) is 93.9 Å². The van der Waals surface area contributed by atoms with Crippen LogP contribution in [0.1, 0.15) is 12.0 Å². The molecule has 0 aliphatic heterocycles. The molecule has 0 atom stereocenters. The van der Waals surface area contributed by atoms with E-state index in [4.69, 9.17) is 15.3 Å². The smallest absolute Gasteiger partial charge is 0.329 e. The first-order chi connectivity index (χ1) is 9.46. The van der Waals surface area contributed by atoms with E-state index in [-0.39, 0.29) is 6.16 Å². The highest BCUT2D eigenvalue weighted by Gasteiger charge is 2.14. The lowest BCUT2D eigenvalue weighted by molar-refractivity contribution is -0.00538. The summed E-state index contributed by atoms with van der Waals surface area (Å²) in [6, 6.07) is 7.10. The molecule has 104 valence electrons. The van der Waals surface area contributed by atoms with Crippen LogP contribution in [0.2, 0.25) is 0 Å². The number of rotatable bonds is 4. The highest BCUT2D eigenvalue weighted by Crippen LogP contribution is 2.39. The van der Waals surface area contributed by atoms with E-state index in [0.717, 1.165) is 9.80 Å². The Balaban J connectivity index is 2.02. The highest BCUT2D eigenvalue weighted by atomic mass is 32.2. The molecule has 1 aromatic rings. The fourth-order valence-corrected chi connectivity index (χ4v) is 3.24. The van der Waals surface area contributed by atoms with E-state index >= 15 is 0 Å². The third kappa shape index (κ3) is 4.60. The van der Waals surface area contributed by atoms with Gasteiger partial charge in [-0.25, -0.2) is 0 Å². The van der Waals surface area contributed by atoms with Gasteiger partial charge in [-0.15, -0.1) is 0 Å². The van der Waals surface area contributed by atoms with Gasteiger partial charge in [-0.2, -0.15) is 4.79 Å². The third-order valence-corrected chi connectivity index (χ3v) is 4.45. The molecule has 1 aromatic carbocycles. The Morgan fingerprint density at radius 1 is 1.25 bits per heavy atom. The Bertz CT molecular complexity index is 655. The van der Waals surface area contributed by atoms with Crippen molar-refractivity contribution in [3.05, 3.63) is 58.5 Å². The summed E-state index contributed by atoms with van der Waals surface area (Å²) in [5.41, 5.74) is 9.86. The zero-order valence-corrected chi connectivity index (χ0v) is 12.2. The molecule has 0 bridgehead atoms. The molecule has 0 heterocycles. The van der Waals surface area contributed by atoms with Crippen LogP contribution in [-0.2, 0) is 10.7 Å². The van der Waals surface area contributed by atoms with Crippen molar-refractivity contribution in [2.45, 2.75) is 17.5 Å². The van der Waals surface area contributed by atoms with Crippen molar-refractivity contribution < 1.29 is 19.1 Å². The second-order valence-corrected chi connectivity index (χ2v) is 7.10. The summed E-state index contributed by atoms with van der Waals surface area (Å²) >= 11 is 1.55. The van der Waals surface area contributed by atoms with Gasteiger partial charge in [0.05, 0.1) is 12.6 Å². The maximum absolute atomic E-state index is 10.9. The van der Waals surface area contributed by atoms with E-state index in [1.165, 1.54) is 0 Å². The Labute approximate surface area is 120 Å². The zero-order valence-electron chi connectivity index (χ0n) is 10.5. The molecule has 1 aliphatic carbocycles. The van der Waals surface area contributed by atoms with Crippen LogP contribution in [0.3, 0.4) is 0 Å². The molecule has 0 spiro atoms. The molecule has 0 saturated carbocycles. The van der Waals surface area contributed by atoms with Crippen LogP contribution in [0.15, 0.2) is 52.3 Å². The summed E-state index contributed by atoms with van der Waals surface area (Å²) in [6.07, 6.45) is 5.93. The molecular formula is C13H13N2O3PS. The van der Waals surface area contributed by atoms with E-state index in [1.807, 2.05) is 24.3 Å². The van der Waals surface area contributed by atoms with Crippen LogP contribution < -0.4 is 0 Å². The van der Waals surface area contributed by atoms with Crippen LogP contribution in [0, 0.1) is 0 Å². The first-order valence-corrected chi connectivity index (χ1v) is 8.48. The Morgan fingerprint density at radius 2 is 1.95 bits per heavy atom. The Morgan fingerprint density at radius 3 is 2.45 bits per heavy atom. The average Bonchev–Trinajstić information content (AvgIpc) is 2.40. The molecular weight excluding hydrogens is 295 g/mol. The molecule has 0 radical (unpaired) electrons. The molecule has 2 rings (SSSR count). The van der Waals surface area contributed by atoms with Gasteiger partial charge in [0.1, 0.15) is 0 Å². The summed E-state index contributed by atoms with van der Waals surface area (Å²) in [4.78, 5) is 23.0. The molecule has 0 unspecified atom stereocenters. The van der Waals surface area contributed by atoms with Crippen LogP contribution in [-0.4, -0.2) is 20.3 Å². The molecule has 0 amide bonds. The fraction of sp³-hybridized carbons (Fsp3) is 0.154. The molecule has 0 aromatic heterocycles. The van der Waals surface area contributed by atoms with Crippen molar-refractivity contribution in [1.82, 2.24) is 0 Å². The van der Waals surface area contributed by atoms with Crippen LogP contribution in [0.4, 0.5) is 0 Å². The molecule has 0 saturated heterocycles. The van der Waals surface area contributed by atoms with Gasteiger partial charge in [-0.05, 0) is 23.8 Å². The first kappa shape index (κ1) is 15.0. The lowest BCUT2D eigenvalue weighted by Crippen LogP contribution is -1.97. The van der Waals surface area contributed by atoms with Gasteiger partial charge < -0.3 is 15.3 Å². The van der Waals surface area contributed by atoms with Crippen molar-refractivity contribution in [1.29, 1.82) is 0 Å². The summed E-state index contributed by atoms with van der Waals surface area (Å²) in [6.45, 7) is 0. The number of benzene rings is 1. The Hall–Kier alpha value is -1.42. The SMILES string of the molecule is [N-]=[N+]=C1C=CC(Sc2ccc(CP(=O)(O)O)cc2)=CC1. The minimum atomic E-state index is -4.01. The number of hydrogen-bond donors (Lipinski definition) is 2. The molecule has 5 nitrogen and oxygen atoms in total. The first-order valence-electron chi connectivity index (χ1n) is 5.87. The van der Waals surface area contributed by atoms with Crippen LogP contribution in [0.5, 0.6) is 0 Å². The van der Waals surface area contributed by atoms with E-state index in [1.54, 1.807) is 30.0 Å². The molecule has 7 heteroatoms. The van der Waals surface area contributed by atoms with E-state index in [9.17, 15) is 4.57 Å². The maximum Gasteiger partial charge on any atom is 0.329 e. The second kappa shape index (κ2) is 6.35. The van der Waals surface area contributed by atoms with Crippen molar-refractivity contribution in [2.75, 3.05) is 0 Å². The predicted octanol–water partition coefficient (Wildman–Crippen LogP) is 2.97. The van der Waals surface area contributed by atoms with Gasteiger partial charge in [-0.1, -0.05) is 30.0 Å². The van der Waals surface area contributed by atoms with Crippen LogP contribution >= 0.6 is 19.4 Å². The van der Waals surface area contributed by atoms with Crippen molar-refractivity contribution in [3.8, 4) is 0 Å². The maximum atomic E-state index is 10.9.